The summed E-state index contributed by atoms with van der Waals surface area (Å²) in [4.78, 5) is 4.75. The van der Waals surface area contributed by atoms with Crippen LogP contribution in [0, 0.1) is 5.92 Å². The molecule has 0 saturated heterocycles. The van der Waals surface area contributed by atoms with Crippen molar-refractivity contribution in [3.63, 3.8) is 0 Å². The standard InChI is InChI=1S/C23H36N2O2/c1-16(10-11-20(26)23(5,6)27)12-14-24-17(2)25-15-13-22(3,4)18-8-7-9-19(24)21(18)25/h7-9,16,20,26-27H,2,10-15H2,1,3-6H3/t16-,20?/m1/s1. The van der Waals surface area contributed by atoms with Gasteiger partial charge >= 0.3 is 0 Å². The molecule has 0 saturated carbocycles. The summed E-state index contributed by atoms with van der Waals surface area (Å²) >= 11 is 0. The lowest BCUT2D eigenvalue weighted by atomic mass is 9.78. The Balaban J connectivity index is 1.66. The van der Waals surface area contributed by atoms with E-state index >= 15 is 0 Å². The molecular weight excluding hydrogens is 336 g/mol. The molecular formula is C23H36N2O2. The molecule has 27 heavy (non-hydrogen) atoms. The Morgan fingerprint density at radius 2 is 1.93 bits per heavy atom. The minimum Gasteiger partial charge on any atom is -0.390 e. The summed E-state index contributed by atoms with van der Waals surface area (Å²) in [5, 5.41) is 20.0. The van der Waals surface area contributed by atoms with E-state index in [4.69, 9.17) is 0 Å². The number of hydrogen-bond acceptors (Lipinski definition) is 4. The molecule has 150 valence electrons. The maximum Gasteiger partial charge on any atom is 0.106 e. The van der Waals surface area contributed by atoms with Gasteiger partial charge in [0.15, 0.2) is 0 Å². The fraction of sp³-hybridized carbons (Fsp3) is 0.652. The van der Waals surface area contributed by atoms with E-state index in [2.05, 4.69) is 55.3 Å². The van der Waals surface area contributed by atoms with Crippen molar-refractivity contribution < 1.29 is 10.2 Å². The van der Waals surface area contributed by atoms with Crippen molar-refractivity contribution in [2.24, 2.45) is 5.92 Å². The first-order valence-electron chi connectivity index (χ1n) is 10.3. The monoisotopic (exact) mass is 372 g/mol. The van der Waals surface area contributed by atoms with Gasteiger partial charge in [0.25, 0.3) is 0 Å². The van der Waals surface area contributed by atoms with E-state index in [1.54, 1.807) is 13.8 Å². The Labute approximate surface area is 164 Å². The third-order valence-electron chi connectivity index (χ3n) is 6.48. The summed E-state index contributed by atoms with van der Waals surface area (Å²) in [6.07, 6.45) is 3.05. The first-order chi connectivity index (χ1) is 12.5. The van der Waals surface area contributed by atoms with Crippen LogP contribution in [0.1, 0.15) is 65.9 Å². The fourth-order valence-electron chi connectivity index (χ4n) is 4.30. The van der Waals surface area contributed by atoms with Gasteiger partial charge in [0, 0.05) is 13.1 Å². The molecule has 2 atom stereocenters. The molecule has 0 bridgehead atoms. The molecule has 4 heteroatoms. The molecule has 2 heterocycles. The maximum absolute atomic E-state index is 10.1. The van der Waals surface area contributed by atoms with Crippen LogP contribution in [0.2, 0.25) is 0 Å². The Morgan fingerprint density at radius 3 is 2.59 bits per heavy atom. The zero-order chi connectivity index (χ0) is 20.0. The second kappa shape index (κ2) is 7.14. The topological polar surface area (TPSA) is 46.9 Å². The second-order valence-corrected chi connectivity index (χ2v) is 9.67. The number of anilines is 2. The molecule has 2 aliphatic rings. The lowest BCUT2D eigenvalue weighted by molar-refractivity contribution is -0.0534. The van der Waals surface area contributed by atoms with Crippen LogP contribution in [0.15, 0.2) is 30.6 Å². The van der Waals surface area contributed by atoms with E-state index in [1.165, 1.54) is 16.9 Å². The highest BCUT2D eigenvalue weighted by atomic mass is 16.3. The zero-order valence-corrected chi connectivity index (χ0v) is 17.6. The van der Waals surface area contributed by atoms with Crippen LogP contribution < -0.4 is 9.80 Å². The van der Waals surface area contributed by atoms with Gasteiger partial charge < -0.3 is 20.0 Å². The minimum atomic E-state index is -1.03. The fourth-order valence-corrected chi connectivity index (χ4v) is 4.30. The average molecular weight is 373 g/mol. The lowest BCUT2D eigenvalue weighted by Gasteiger charge is -2.37. The molecule has 0 aromatic heterocycles. The number of nitrogens with zero attached hydrogens (tertiary/aromatic N) is 2. The van der Waals surface area contributed by atoms with Gasteiger partial charge in [0.2, 0.25) is 0 Å². The van der Waals surface area contributed by atoms with Crippen LogP contribution >= 0.6 is 0 Å². The van der Waals surface area contributed by atoms with Crippen molar-refractivity contribution in [3.8, 4) is 0 Å². The highest BCUT2D eigenvalue weighted by molar-refractivity contribution is 5.86. The quantitative estimate of drug-likeness (QED) is 0.744. The molecule has 3 rings (SSSR count). The van der Waals surface area contributed by atoms with Crippen LogP contribution in [-0.2, 0) is 5.41 Å². The van der Waals surface area contributed by atoms with E-state index in [-0.39, 0.29) is 5.41 Å². The van der Waals surface area contributed by atoms with Crippen molar-refractivity contribution in [3.05, 3.63) is 36.2 Å². The summed E-state index contributed by atoms with van der Waals surface area (Å²) in [5.74, 6) is 1.58. The summed E-state index contributed by atoms with van der Waals surface area (Å²) < 4.78 is 0. The van der Waals surface area contributed by atoms with E-state index in [9.17, 15) is 10.2 Å². The predicted molar refractivity (Wildman–Crippen MR) is 113 cm³/mol. The third kappa shape index (κ3) is 3.88. The number of aliphatic hydroxyl groups excluding tert-OH is 1. The number of benzene rings is 1. The molecule has 1 unspecified atom stereocenters. The lowest BCUT2D eigenvalue weighted by Crippen LogP contribution is -2.36. The van der Waals surface area contributed by atoms with Crippen molar-refractivity contribution >= 4 is 11.4 Å². The van der Waals surface area contributed by atoms with Crippen LogP contribution in [0.3, 0.4) is 0 Å². The summed E-state index contributed by atoms with van der Waals surface area (Å²) in [7, 11) is 0. The maximum atomic E-state index is 10.1. The molecule has 2 N–H and O–H groups in total. The Hall–Kier alpha value is -1.52. The molecule has 2 aliphatic heterocycles. The summed E-state index contributed by atoms with van der Waals surface area (Å²) in [5.41, 5.74) is 3.24. The number of rotatable bonds is 7. The molecule has 0 radical (unpaired) electrons. The first-order valence-corrected chi connectivity index (χ1v) is 10.3. The second-order valence-electron chi connectivity index (χ2n) is 9.67. The highest BCUT2D eigenvalue weighted by Gasteiger charge is 2.40. The van der Waals surface area contributed by atoms with Crippen LogP contribution in [-0.4, -0.2) is 35.0 Å². The molecule has 0 amide bonds. The highest BCUT2D eigenvalue weighted by Crippen LogP contribution is 2.51. The summed E-state index contributed by atoms with van der Waals surface area (Å²) in [6, 6.07) is 6.66. The molecule has 4 nitrogen and oxygen atoms in total. The first kappa shape index (κ1) is 20.2. The third-order valence-corrected chi connectivity index (χ3v) is 6.48. The molecule has 0 spiro atoms. The predicted octanol–water partition coefficient (Wildman–Crippen LogP) is 4.40. The molecule has 1 aromatic rings. The smallest absolute Gasteiger partial charge is 0.106 e. The minimum absolute atomic E-state index is 0.207. The van der Waals surface area contributed by atoms with Crippen molar-refractivity contribution in [2.75, 3.05) is 22.9 Å². The average Bonchev–Trinajstić information content (AvgIpc) is 2.86. The Morgan fingerprint density at radius 1 is 1.22 bits per heavy atom. The van der Waals surface area contributed by atoms with Gasteiger partial charge in [0.05, 0.1) is 23.1 Å². The van der Waals surface area contributed by atoms with Gasteiger partial charge in [0.1, 0.15) is 5.82 Å². The number of para-hydroxylation sites is 1. The van der Waals surface area contributed by atoms with Crippen LogP contribution in [0.25, 0.3) is 0 Å². The van der Waals surface area contributed by atoms with Crippen molar-refractivity contribution in [1.29, 1.82) is 0 Å². The number of aliphatic hydroxyl groups is 2. The normalized spacial score (nSPS) is 20.6. The van der Waals surface area contributed by atoms with Gasteiger partial charge in [-0.05, 0) is 62.5 Å². The SMILES string of the molecule is C=C1N(CC[C@H](C)CCC(O)C(C)(C)O)c2cccc3c2N1CCC3(C)C. The van der Waals surface area contributed by atoms with E-state index in [0.29, 0.717) is 12.3 Å². The Bertz CT molecular complexity index is 705. The Kier molecular flexibility index (Phi) is 5.35. The van der Waals surface area contributed by atoms with Gasteiger partial charge in [-0.2, -0.15) is 0 Å². The van der Waals surface area contributed by atoms with Gasteiger partial charge in [-0.15, -0.1) is 0 Å². The van der Waals surface area contributed by atoms with E-state index in [1.807, 2.05) is 0 Å². The van der Waals surface area contributed by atoms with Gasteiger partial charge in [-0.3, -0.25) is 0 Å². The molecule has 1 aromatic carbocycles. The van der Waals surface area contributed by atoms with Crippen molar-refractivity contribution in [2.45, 2.75) is 77.4 Å². The number of hydrogen-bond donors (Lipinski definition) is 2. The van der Waals surface area contributed by atoms with Gasteiger partial charge in [-0.25, -0.2) is 0 Å². The molecule has 0 fully saturated rings. The van der Waals surface area contributed by atoms with Crippen LogP contribution in [0.4, 0.5) is 11.4 Å². The van der Waals surface area contributed by atoms with Gasteiger partial charge in [-0.1, -0.05) is 39.5 Å². The van der Waals surface area contributed by atoms with Crippen LogP contribution in [0.5, 0.6) is 0 Å². The molecule has 0 aliphatic carbocycles. The van der Waals surface area contributed by atoms with Crippen molar-refractivity contribution in [1.82, 2.24) is 0 Å². The largest absolute Gasteiger partial charge is 0.390 e. The summed E-state index contributed by atoms with van der Waals surface area (Å²) in [6.45, 7) is 16.6. The zero-order valence-electron chi connectivity index (χ0n) is 17.6. The van der Waals surface area contributed by atoms with E-state index < -0.39 is 11.7 Å². The van der Waals surface area contributed by atoms with E-state index in [0.717, 1.165) is 38.2 Å².